The number of urea groups is 1. The van der Waals surface area contributed by atoms with Crippen LogP contribution in [0.3, 0.4) is 0 Å². The Morgan fingerprint density at radius 2 is 1.83 bits per heavy atom. The minimum atomic E-state index is -3.44. The third-order valence-corrected chi connectivity index (χ3v) is 5.51. The van der Waals surface area contributed by atoms with Gasteiger partial charge < -0.3 is 5.32 Å². The van der Waals surface area contributed by atoms with Crippen LogP contribution in [-0.4, -0.2) is 28.0 Å². The summed E-state index contributed by atoms with van der Waals surface area (Å²) in [5.41, 5.74) is 2.96. The minimum Gasteiger partial charge on any atom is -0.334 e. The molecule has 0 fully saturated rings. The SMILES string of the molecule is CNS(=O)(=O)c1ccc(CNC(=O)N2CCc3ccccc32)cc1. The standard InChI is InChI=1S/C17H19N3O3S/c1-18-24(22,23)15-8-6-13(7-9-15)12-19-17(21)20-11-10-14-4-2-3-5-16(14)20/h2-9,18H,10-12H2,1H3,(H,19,21). The highest BCUT2D eigenvalue weighted by molar-refractivity contribution is 7.89. The molecule has 0 spiro atoms. The summed E-state index contributed by atoms with van der Waals surface area (Å²) < 4.78 is 25.6. The quantitative estimate of drug-likeness (QED) is 0.888. The Balaban J connectivity index is 1.63. The van der Waals surface area contributed by atoms with Crippen LogP contribution in [0.5, 0.6) is 0 Å². The van der Waals surface area contributed by atoms with E-state index in [9.17, 15) is 13.2 Å². The van der Waals surface area contributed by atoms with Crippen LogP contribution in [-0.2, 0) is 23.0 Å². The van der Waals surface area contributed by atoms with E-state index in [0.29, 0.717) is 13.1 Å². The minimum absolute atomic E-state index is 0.146. The van der Waals surface area contributed by atoms with Gasteiger partial charge in [-0.2, -0.15) is 0 Å². The lowest BCUT2D eigenvalue weighted by molar-refractivity contribution is 0.246. The summed E-state index contributed by atoms with van der Waals surface area (Å²) in [5, 5.41) is 2.88. The Bertz CT molecular complexity index is 848. The van der Waals surface area contributed by atoms with Gasteiger partial charge in [0.2, 0.25) is 10.0 Å². The maximum Gasteiger partial charge on any atom is 0.322 e. The van der Waals surface area contributed by atoms with E-state index in [1.54, 1.807) is 17.0 Å². The summed E-state index contributed by atoms with van der Waals surface area (Å²) in [6.45, 7) is 1.02. The highest BCUT2D eigenvalue weighted by atomic mass is 32.2. The molecule has 0 aliphatic carbocycles. The first-order valence-corrected chi connectivity index (χ1v) is 9.15. The van der Waals surface area contributed by atoms with E-state index in [0.717, 1.165) is 17.7 Å². The van der Waals surface area contributed by atoms with E-state index in [1.807, 2.05) is 24.3 Å². The molecule has 1 aliphatic rings. The summed E-state index contributed by atoms with van der Waals surface area (Å²) in [5.74, 6) is 0. The van der Waals surface area contributed by atoms with Crippen LogP contribution in [0.15, 0.2) is 53.4 Å². The van der Waals surface area contributed by atoms with Gasteiger partial charge >= 0.3 is 6.03 Å². The zero-order chi connectivity index (χ0) is 17.2. The molecule has 0 atom stereocenters. The summed E-state index contributed by atoms with van der Waals surface area (Å²) in [4.78, 5) is 14.3. The van der Waals surface area contributed by atoms with Crippen molar-refractivity contribution in [1.82, 2.24) is 10.0 Å². The smallest absolute Gasteiger partial charge is 0.322 e. The molecule has 0 saturated heterocycles. The van der Waals surface area contributed by atoms with E-state index in [-0.39, 0.29) is 10.9 Å². The highest BCUT2D eigenvalue weighted by Gasteiger charge is 2.23. The molecule has 1 aliphatic heterocycles. The van der Waals surface area contributed by atoms with Crippen LogP contribution in [0.1, 0.15) is 11.1 Å². The van der Waals surface area contributed by atoms with Gasteiger partial charge in [0.25, 0.3) is 0 Å². The number of hydrogen-bond donors (Lipinski definition) is 2. The van der Waals surface area contributed by atoms with Gasteiger partial charge in [-0.25, -0.2) is 17.9 Å². The number of nitrogens with zero attached hydrogens (tertiary/aromatic N) is 1. The molecule has 1 heterocycles. The second-order valence-corrected chi connectivity index (χ2v) is 7.43. The number of amides is 2. The molecule has 6 nitrogen and oxygen atoms in total. The molecule has 0 unspecified atom stereocenters. The van der Waals surface area contributed by atoms with Crippen molar-refractivity contribution in [2.45, 2.75) is 17.9 Å². The summed E-state index contributed by atoms with van der Waals surface area (Å²) in [6, 6.07) is 14.2. The number of sulfonamides is 1. The topological polar surface area (TPSA) is 78.5 Å². The Morgan fingerprint density at radius 1 is 1.12 bits per heavy atom. The average Bonchev–Trinajstić information content (AvgIpc) is 3.04. The summed E-state index contributed by atoms with van der Waals surface area (Å²) >= 11 is 0. The normalized spacial score (nSPS) is 13.6. The van der Waals surface area contributed by atoms with Gasteiger partial charge in [-0.3, -0.25) is 4.90 Å². The molecule has 0 aromatic heterocycles. The van der Waals surface area contributed by atoms with Gasteiger partial charge in [-0.15, -0.1) is 0 Å². The molecule has 24 heavy (non-hydrogen) atoms. The number of rotatable bonds is 4. The van der Waals surface area contributed by atoms with E-state index in [2.05, 4.69) is 10.0 Å². The van der Waals surface area contributed by atoms with Crippen molar-refractivity contribution in [2.75, 3.05) is 18.5 Å². The van der Waals surface area contributed by atoms with E-state index >= 15 is 0 Å². The average molecular weight is 345 g/mol. The predicted molar refractivity (Wildman–Crippen MR) is 92.4 cm³/mol. The van der Waals surface area contributed by atoms with Gasteiger partial charge in [0.15, 0.2) is 0 Å². The lowest BCUT2D eigenvalue weighted by Gasteiger charge is -2.18. The molecule has 0 bridgehead atoms. The Morgan fingerprint density at radius 3 is 2.54 bits per heavy atom. The van der Waals surface area contributed by atoms with Gasteiger partial charge in [-0.05, 0) is 42.8 Å². The Kier molecular flexibility index (Phi) is 4.55. The first-order chi connectivity index (χ1) is 11.5. The lowest BCUT2D eigenvalue weighted by Crippen LogP contribution is -2.38. The molecule has 126 valence electrons. The maximum absolute atomic E-state index is 12.4. The van der Waals surface area contributed by atoms with Crippen molar-refractivity contribution in [3.63, 3.8) is 0 Å². The van der Waals surface area contributed by atoms with Crippen molar-refractivity contribution < 1.29 is 13.2 Å². The van der Waals surface area contributed by atoms with Crippen LogP contribution >= 0.6 is 0 Å². The van der Waals surface area contributed by atoms with Crippen LogP contribution in [0.4, 0.5) is 10.5 Å². The van der Waals surface area contributed by atoms with E-state index < -0.39 is 10.0 Å². The van der Waals surface area contributed by atoms with Crippen molar-refractivity contribution in [2.24, 2.45) is 0 Å². The number of hydrogen-bond acceptors (Lipinski definition) is 3. The van der Waals surface area contributed by atoms with Crippen LogP contribution < -0.4 is 14.9 Å². The second-order valence-electron chi connectivity index (χ2n) is 5.54. The molecule has 2 N–H and O–H groups in total. The zero-order valence-corrected chi connectivity index (χ0v) is 14.1. The highest BCUT2D eigenvalue weighted by Crippen LogP contribution is 2.27. The second kappa shape index (κ2) is 6.62. The molecule has 0 saturated carbocycles. The molecule has 2 aromatic carbocycles. The molecule has 2 amide bonds. The maximum atomic E-state index is 12.4. The number of anilines is 1. The van der Waals surface area contributed by atoms with Gasteiger partial charge in [0.05, 0.1) is 4.90 Å². The molecule has 3 rings (SSSR count). The lowest BCUT2D eigenvalue weighted by atomic mass is 10.2. The van der Waals surface area contributed by atoms with E-state index in [4.69, 9.17) is 0 Å². The van der Waals surface area contributed by atoms with Crippen LogP contribution in [0.2, 0.25) is 0 Å². The van der Waals surface area contributed by atoms with Crippen molar-refractivity contribution in [1.29, 1.82) is 0 Å². The van der Waals surface area contributed by atoms with Gasteiger partial charge in [0.1, 0.15) is 0 Å². The van der Waals surface area contributed by atoms with Crippen LogP contribution in [0, 0.1) is 0 Å². The van der Waals surface area contributed by atoms with Crippen LogP contribution in [0.25, 0.3) is 0 Å². The van der Waals surface area contributed by atoms with E-state index in [1.165, 1.54) is 24.7 Å². The number of para-hydroxylation sites is 1. The third kappa shape index (κ3) is 3.27. The molecular formula is C17H19N3O3S. The first-order valence-electron chi connectivity index (χ1n) is 7.67. The predicted octanol–water partition coefficient (Wildman–Crippen LogP) is 1.87. The number of nitrogens with one attached hydrogen (secondary N) is 2. The number of carbonyl (C=O) groups excluding carboxylic acids is 1. The monoisotopic (exact) mass is 345 g/mol. The molecule has 0 radical (unpaired) electrons. The number of fused-ring (bicyclic) bond motifs is 1. The Labute approximate surface area is 141 Å². The third-order valence-electron chi connectivity index (χ3n) is 4.08. The zero-order valence-electron chi connectivity index (χ0n) is 13.3. The fraction of sp³-hybridized carbons (Fsp3) is 0.235. The number of benzene rings is 2. The fourth-order valence-electron chi connectivity index (χ4n) is 2.73. The molecule has 2 aromatic rings. The van der Waals surface area contributed by atoms with Crippen molar-refractivity contribution in [3.05, 3.63) is 59.7 Å². The fourth-order valence-corrected chi connectivity index (χ4v) is 3.46. The van der Waals surface area contributed by atoms with Gasteiger partial charge in [0, 0.05) is 18.8 Å². The Hall–Kier alpha value is -2.38. The largest absolute Gasteiger partial charge is 0.334 e. The summed E-state index contributed by atoms with van der Waals surface area (Å²) in [7, 11) is -2.07. The molecule has 7 heteroatoms. The first kappa shape index (κ1) is 16.5. The van der Waals surface area contributed by atoms with Crippen molar-refractivity contribution in [3.8, 4) is 0 Å². The number of carbonyl (C=O) groups is 1. The molecular weight excluding hydrogens is 326 g/mol. The van der Waals surface area contributed by atoms with Gasteiger partial charge in [-0.1, -0.05) is 30.3 Å². The summed E-state index contributed by atoms with van der Waals surface area (Å²) in [6.07, 6.45) is 0.861. The van der Waals surface area contributed by atoms with Crippen molar-refractivity contribution >= 4 is 21.7 Å².